The molecule has 4 rings (SSSR count). The number of carbonyl (C=O) groups is 2. The van der Waals surface area contributed by atoms with Gasteiger partial charge in [0.15, 0.2) is 11.5 Å². The second kappa shape index (κ2) is 10.4. The lowest BCUT2D eigenvalue weighted by molar-refractivity contribution is -0.111. The highest BCUT2D eigenvalue weighted by Gasteiger charge is 2.24. The topological polar surface area (TPSA) is 90.6 Å². The fourth-order valence-corrected chi connectivity index (χ4v) is 5.18. The average molecular weight is 463 g/mol. The molecule has 0 saturated heterocycles. The summed E-state index contributed by atoms with van der Waals surface area (Å²) in [5.74, 6) is 0.387. The number of hydrogen-bond donors (Lipinski definition) is 2. The Morgan fingerprint density at radius 3 is 2.64 bits per heavy atom. The lowest BCUT2D eigenvalue weighted by atomic mass is 9.95. The molecule has 170 valence electrons. The van der Waals surface area contributed by atoms with E-state index in [2.05, 4.69) is 5.32 Å². The van der Waals surface area contributed by atoms with Crippen LogP contribution in [0, 0.1) is 0 Å². The van der Waals surface area contributed by atoms with Gasteiger partial charge in [0, 0.05) is 11.0 Å². The van der Waals surface area contributed by atoms with E-state index in [0.29, 0.717) is 28.7 Å². The van der Waals surface area contributed by atoms with Crippen LogP contribution < -0.4 is 20.5 Å². The van der Waals surface area contributed by atoms with Crippen LogP contribution in [0.15, 0.2) is 54.6 Å². The number of primary amides is 1. The molecule has 3 N–H and O–H groups in total. The van der Waals surface area contributed by atoms with Gasteiger partial charge in [-0.3, -0.25) is 9.59 Å². The van der Waals surface area contributed by atoms with Gasteiger partial charge in [0.05, 0.1) is 12.7 Å². The maximum Gasteiger partial charge on any atom is 0.251 e. The highest BCUT2D eigenvalue weighted by atomic mass is 32.1. The third kappa shape index (κ3) is 5.43. The maximum atomic E-state index is 12.6. The summed E-state index contributed by atoms with van der Waals surface area (Å²) in [6.07, 6.45) is 6.99. The van der Waals surface area contributed by atoms with Crippen molar-refractivity contribution in [1.29, 1.82) is 0 Å². The first-order valence-corrected chi connectivity index (χ1v) is 11.6. The van der Waals surface area contributed by atoms with Gasteiger partial charge in [0.1, 0.15) is 11.6 Å². The normalized spacial score (nSPS) is 12.9. The van der Waals surface area contributed by atoms with E-state index < -0.39 is 5.91 Å². The Kier molecular flexibility index (Phi) is 7.10. The molecule has 6 nitrogen and oxygen atoms in total. The second-order valence-corrected chi connectivity index (χ2v) is 8.89. The summed E-state index contributed by atoms with van der Waals surface area (Å²) in [5.41, 5.74) is 8.90. The molecule has 33 heavy (non-hydrogen) atoms. The average Bonchev–Trinajstić information content (AvgIpc) is 3.20. The number of amides is 2. The van der Waals surface area contributed by atoms with Crippen molar-refractivity contribution >= 4 is 34.2 Å². The maximum absolute atomic E-state index is 12.6. The van der Waals surface area contributed by atoms with Crippen LogP contribution in [0.3, 0.4) is 0 Å². The molecule has 0 unspecified atom stereocenters. The predicted octanol–water partition coefficient (Wildman–Crippen LogP) is 4.97. The molecule has 1 aliphatic carbocycles. The second-order valence-electron chi connectivity index (χ2n) is 7.79. The van der Waals surface area contributed by atoms with E-state index in [4.69, 9.17) is 15.2 Å². The monoisotopic (exact) mass is 462 g/mol. The number of thiophene rings is 1. The van der Waals surface area contributed by atoms with Gasteiger partial charge >= 0.3 is 0 Å². The summed E-state index contributed by atoms with van der Waals surface area (Å²) in [5, 5.41) is 3.37. The van der Waals surface area contributed by atoms with Gasteiger partial charge in [-0.2, -0.15) is 0 Å². The quantitative estimate of drug-likeness (QED) is 0.463. The fourth-order valence-electron chi connectivity index (χ4n) is 3.88. The number of rotatable bonds is 8. The van der Waals surface area contributed by atoms with Crippen molar-refractivity contribution < 1.29 is 19.1 Å². The van der Waals surface area contributed by atoms with E-state index in [-0.39, 0.29) is 5.91 Å². The van der Waals surface area contributed by atoms with Gasteiger partial charge in [-0.05, 0) is 60.6 Å². The van der Waals surface area contributed by atoms with Crippen molar-refractivity contribution in [3.8, 4) is 11.5 Å². The van der Waals surface area contributed by atoms with Gasteiger partial charge in [0.2, 0.25) is 5.91 Å². The van der Waals surface area contributed by atoms with Crippen LogP contribution in [0.4, 0.5) is 5.00 Å². The number of benzene rings is 2. The smallest absolute Gasteiger partial charge is 0.251 e. The lowest BCUT2D eigenvalue weighted by Crippen LogP contribution is -2.17. The van der Waals surface area contributed by atoms with Gasteiger partial charge in [-0.15, -0.1) is 11.3 Å². The first kappa shape index (κ1) is 22.6. The molecule has 0 aliphatic heterocycles. The number of hydrogen-bond acceptors (Lipinski definition) is 5. The number of nitrogens with one attached hydrogen (secondary N) is 1. The molecule has 2 amide bonds. The molecule has 2 aromatic carbocycles. The Morgan fingerprint density at radius 2 is 1.88 bits per heavy atom. The zero-order valence-corrected chi connectivity index (χ0v) is 19.2. The van der Waals surface area contributed by atoms with E-state index >= 15 is 0 Å². The number of aryl methyl sites for hydroxylation is 1. The zero-order valence-electron chi connectivity index (χ0n) is 18.4. The summed E-state index contributed by atoms with van der Waals surface area (Å²) < 4.78 is 11.3. The van der Waals surface area contributed by atoms with Crippen LogP contribution in [0.2, 0.25) is 0 Å². The van der Waals surface area contributed by atoms with Gasteiger partial charge < -0.3 is 20.5 Å². The fraction of sp³-hybridized carbons (Fsp3) is 0.231. The first-order chi connectivity index (χ1) is 16.0. The third-order valence-electron chi connectivity index (χ3n) is 5.51. The van der Waals surface area contributed by atoms with Crippen molar-refractivity contribution in [3.63, 3.8) is 0 Å². The molecular weight excluding hydrogens is 436 g/mol. The lowest BCUT2D eigenvalue weighted by Gasteiger charge is -2.11. The van der Waals surface area contributed by atoms with Gasteiger partial charge in [-0.1, -0.05) is 36.4 Å². The van der Waals surface area contributed by atoms with Crippen LogP contribution in [-0.4, -0.2) is 18.9 Å². The molecule has 0 spiro atoms. The summed E-state index contributed by atoms with van der Waals surface area (Å²) >= 11 is 1.45. The van der Waals surface area contributed by atoms with Crippen LogP contribution >= 0.6 is 11.3 Å². The number of anilines is 1. The number of ether oxygens (including phenoxy) is 2. The van der Waals surface area contributed by atoms with Crippen LogP contribution in [0.5, 0.6) is 11.5 Å². The molecule has 1 heterocycles. The van der Waals surface area contributed by atoms with E-state index in [1.165, 1.54) is 17.4 Å². The zero-order chi connectivity index (χ0) is 23.2. The molecule has 3 aromatic rings. The molecule has 0 radical (unpaired) electrons. The molecule has 7 heteroatoms. The Hall–Kier alpha value is -3.58. The van der Waals surface area contributed by atoms with Crippen molar-refractivity contribution in [3.05, 3.63) is 81.7 Å². The SMILES string of the molecule is COc1cc(C=CC(=O)Nc2sc3c(c2C(N)=O)CCCC3)ccc1OCc1ccccc1. The van der Waals surface area contributed by atoms with Gasteiger partial charge in [0.25, 0.3) is 5.91 Å². The number of fused-ring (bicyclic) bond motifs is 1. The third-order valence-corrected chi connectivity index (χ3v) is 6.71. The molecular formula is C26H26N2O4S. The van der Waals surface area contributed by atoms with Crippen molar-refractivity contribution in [2.24, 2.45) is 5.73 Å². The summed E-state index contributed by atoms with van der Waals surface area (Å²) in [7, 11) is 1.58. The van der Waals surface area contributed by atoms with Crippen molar-refractivity contribution in [1.82, 2.24) is 0 Å². The molecule has 0 fully saturated rings. The first-order valence-electron chi connectivity index (χ1n) is 10.8. The molecule has 0 saturated carbocycles. The predicted molar refractivity (Wildman–Crippen MR) is 131 cm³/mol. The van der Waals surface area contributed by atoms with E-state index in [1.54, 1.807) is 13.2 Å². The highest BCUT2D eigenvalue weighted by molar-refractivity contribution is 7.17. The number of methoxy groups -OCH3 is 1. The highest BCUT2D eigenvalue weighted by Crippen LogP contribution is 2.38. The van der Waals surface area contributed by atoms with Crippen molar-refractivity contribution in [2.75, 3.05) is 12.4 Å². The number of carbonyl (C=O) groups excluding carboxylic acids is 2. The molecule has 1 aliphatic rings. The van der Waals surface area contributed by atoms with Gasteiger partial charge in [-0.25, -0.2) is 0 Å². The Labute approximate surface area is 197 Å². The van der Waals surface area contributed by atoms with E-state index in [1.807, 2.05) is 48.5 Å². The molecule has 0 bridgehead atoms. The molecule has 0 atom stereocenters. The summed E-state index contributed by atoms with van der Waals surface area (Å²) in [6.45, 7) is 0.432. The minimum Gasteiger partial charge on any atom is -0.493 e. The summed E-state index contributed by atoms with van der Waals surface area (Å²) in [4.78, 5) is 25.7. The summed E-state index contributed by atoms with van der Waals surface area (Å²) in [6, 6.07) is 15.4. The van der Waals surface area contributed by atoms with Crippen molar-refractivity contribution in [2.45, 2.75) is 32.3 Å². The van der Waals surface area contributed by atoms with Crippen LogP contribution in [0.25, 0.3) is 6.08 Å². The standard InChI is InChI=1S/C26H26N2O4S/c1-31-21-15-17(11-13-20(21)32-16-18-7-3-2-4-8-18)12-14-23(29)28-26-24(25(27)30)19-9-5-6-10-22(19)33-26/h2-4,7-8,11-15H,5-6,9-10,16H2,1H3,(H2,27,30)(H,28,29). The minimum absolute atomic E-state index is 0.320. The van der Waals surface area contributed by atoms with Crippen LogP contribution in [-0.2, 0) is 24.2 Å². The number of nitrogens with two attached hydrogens (primary N) is 1. The Balaban J connectivity index is 1.44. The molecule has 1 aromatic heterocycles. The van der Waals surface area contributed by atoms with Crippen LogP contribution in [0.1, 0.15) is 44.8 Å². The van der Waals surface area contributed by atoms with E-state index in [9.17, 15) is 9.59 Å². The largest absolute Gasteiger partial charge is 0.493 e. The Bertz CT molecular complexity index is 1180. The Morgan fingerprint density at radius 1 is 1.09 bits per heavy atom. The minimum atomic E-state index is -0.496. The van der Waals surface area contributed by atoms with E-state index in [0.717, 1.165) is 47.3 Å².